The Bertz CT molecular complexity index is 465. The van der Waals surface area contributed by atoms with Crippen LogP contribution in [0.5, 0.6) is 5.75 Å². The van der Waals surface area contributed by atoms with Crippen molar-refractivity contribution in [3.05, 3.63) is 51.7 Å². The van der Waals surface area contributed by atoms with Crippen molar-refractivity contribution in [2.75, 3.05) is 6.61 Å². The van der Waals surface area contributed by atoms with Crippen molar-refractivity contribution < 1.29 is 4.74 Å². The van der Waals surface area contributed by atoms with E-state index in [9.17, 15) is 0 Å². The number of rotatable bonds is 5. The maximum Gasteiger partial charge on any atom is 0.126 e. The molecule has 0 unspecified atom stereocenters. The summed E-state index contributed by atoms with van der Waals surface area (Å²) in [6.45, 7) is 3.29. The first-order valence-corrected chi connectivity index (χ1v) is 6.63. The Morgan fingerprint density at radius 3 is 2.82 bits per heavy atom. The third kappa shape index (κ3) is 3.08. The highest BCUT2D eigenvalue weighted by molar-refractivity contribution is 7.09. The molecule has 0 aliphatic carbocycles. The minimum atomic E-state index is 0.524. The van der Waals surface area contributed by atoms with Crippen molar-refractivity contribution in [2.45, 2.75) is 19.9 Å². The molecule has 17 heavy (non-hydrogen) atoms. The van der Waals surface area contributed by atoms with Crippen LogP contribution in [-0.4, -0.2) is 6.61 Å². The molecule has 2 N–H and O–H groups in total. The maximum absolute atomic E-state index is 5.86. The van der Waals surface area contributed by atoms with Gasteiger partial charge in [-0.15, -0.1) is 11.3 Å². The highest BCUT2D eigenvalue weighted by Crippen LogP contribution is 2.23. The van der Waals surface area contributed by atoms with Gasteiger partial charge in [0, 0.05) is 23.4 Å². The van der Waals surface area contributed by atoms with E-state index in [2.05, 4.69) is 30.5 Å². The summed E-state index contributed by atoms with van der Waals surface area (Å²) >= 11 is 1.77. The summed E-state index contributed by atoms with van der Waals surface area (Å²) in [6, 6.07) is 10.3. The third-order valence-electron chi connectivity index (χ3n) is 2.69. The summed E-state index contributed by atoms with van der Waals surface area (Å²) in [5.41, 5.74) is 7.94. The fraction of sp³-hybridized carbons (Fsp3) is 0.286. The van der Waals surface area contributed by atoms with Gasteiger partial charge in [-0.05, 0) is 23.9 Å². The van der Waals surface area contributed by atoms with Crippen LogP contribution in [0.2, 0.25) is 0 Å². The summed E-state index contributed by atoms with van der Waals surface area (Å²) in [7, 11) is 0. The number of benzene rings is 1. The Kier molecular flexibility index (Phi) is 4.18. The molecule has 1 heterocycles. The lowest BCUT2D eigenvalue weighted by Crippen LogP contribution is -2.06. The predicted octanol–water partition coefficient (Wildman–Crippen LogP) is 3.14. The van der Waals surface area contributed by atoms with Crippen LogP contribution in [0.15, 0.2) is 35.7 Å². The standard InChI is InChI=1S/C14H17NOS/c1-11-4-2-5-12(10-15)14(11)16-8-7-13-6-3-9-17-13/h2-6,9H,7-8,10,15H2,1H3. The molecule has 0 radical (unpaired) electrons. The van der Waals surface area contributed by atoms with Gasteiger partial charge in [0.05, 0.1) is 6.61 Å². The average Bonchev–Trinajstić information content (AvgIpc) is 2.84. The first-order chi connectivity index (χ1) is 8.31. The van der Waals surface area contributed by atoms with Gasteiger partial charge in [-0.25, -0.2) is 0 Å². The van der Waals surface area contributed by atoms with Crippen molar-refractivity contribution >= 4 is 11.3 Å². The van der Waals surface area contributed by atoms with Crippen LogP contribution < -0.4 is 10.5 Å². The molecule has 2 aromatic rings. The van der Waals surface area contributed by atoms with Gasteiger partial charge in [0.1, 0.15) is 5.75 Å². The number of nitrogens with two attached hydrogens (primary N) is 1. The van der Waals surface area contributed by atoms with Crippen LogP contribution in [0.25, 0.3) is 0 Å². The highest BCUT2D eigenvalue weighted by atomic mass is 32.1. The molecule has 0 aliphatic rings. The molecule has 0 aliphatic heterocycles. The highest BCUT2D eigenvalue weighted by Gasteiger charge is 2.05. The molecule has 0 spiro atoms. The molecule has 0 amide bonds. The van der Waals surface area contributed by atoms with Gasteiger partial charge in [-0.1, -0.05) is 24.3 Å². The summed E-state index contributed by atoms with van der Waals surface area (Å²) in [4.78, 5) is 1.35. The van der Waals surface area contributed by atoms with E-state index in [1.165, 1.54) is 4.88 Å². The molecule has 1 aromatic carbocycles. The van der Waals surface area contributed by atoms with Gasteiger partial charge in [0.15, 0.2) is 0 Å². The van der Waals surface area contributed by atoms with Crippen LogP contribution in [0.4, 0.5) is 0 Å². The van der Waals surface area contributed by atoms with Crippen molar-refractivity contribution in [3.63, 3.8) is 0 Å². The summed E-state index contributed by atoms with van der Waals surface area (Å²) < 4.78 is 5.86. The average molecular weight is 247 g/mol. The molecule has 0 atom stereocenters. The van der Waals surface area contributed by atoms with Crippen LogP contribution >= 0.6 is 11.3 Å². The predicted molar refractivity (Wildman–Crippen MR) is 72.6 cm³/mol. The molecule has 90 valence electrons. The zero-order chi connectivity index (χ0) is 12.1. The van der Waals surface area contributed by atoms with Gasteiger partial charge in [0.25, 0.3) is 0 Å². The lowest BCUT2D eigenvalue weighted by atomic mass is 10.1. The fourth-order valence-corrected chi connectivity index (χ4v) is 2.48. The van der Waals surface area contributed by atoms with E-state index in [1.54, 1.807) is 11.3 Å². The second-order valence-electron chi connectivity index (χ2n) is 3.95. The Morgan fingerprint density at radius 1 is 1.24 bits per heavy atom. The second-order valence-corrected chi connectivity index (χ2v) is 4.98. The van der Waals surface area contributed by atoms with Crippen molar-refractivity contribution in [1.29, 1.82) is 0 Å². The summed E-state index contributed by atoms with van der Waals surface area (Å²) in [5, 5.41) is 2.09. The van der Waals surface area contributed by atoms with Gasteiger partial charge in [0.2, 0.25) is 0 Å². The Hall–Kier alpha value is -1.32. The second kappa shape index (κ2) is 5.84. The largest absolute Gasteiger partial charge is 0.493 e. The fourth-order valence-electron chi connectivity index (χ4n) is 1.79. The van der Waals surface area contributed by atoms with Crippen molar-refractivity contribution in [2.24, 2.45) is 5.73 Å². The number of hydrogen-bond donors (Lipinski definition) is 1. The Morgan fingerprint density at radius 2 is 2.12 bits per heavy atom. The van der Waals surface area contributed by atoms with E-state index < -0.39 is 0 Å². The number of aryl methyl sites for hydroxylation is 1. The van der Waals surface area contributed by atoms with Gasteiger partial charge in [-0.2, -0.15) is 0 Å². The smallest absolute Gasteiger partial charge is 0.126 e. The molecule has 1 aromatic heterocycles. The maximum atomic E-state index is 5.86. The van der Waals surface area contributed by atoms with Crippen LogP contribution in [0.3, 0.4) is 0 Å². The van der Waals surface area contributed by atoms with Crippen molar-refractivity contribution in [1.82, 2.24) is 0 Å². The molecule has 0 saturated carbocycles. The molecule has 3 heteroatoms. The van der Waals surface area contributed by atoms with Gasteiger partial charge >= 0.3 is 0 Å². The van der Waals surface area contributed by atoms with E-state index in [-0.39, 0.29) is 0 Å². The van der Waals surface area contributed by atoms with E-state index in [1.807, 2.05) is 12.1 Å². The Labute approximate surface area is 106 Å². The zero-order valence-corrected chi connectivity index (χ0v) is 10.8. The minimum absolute atomic E-state index is 0.524. The summed E-state index contributed by atoms with van der Waals surface area (Å²) in [5.74, 6) is 0.951. The zero-order valence-electron chi connectivity index (χ0n) is 9.98. The number of thiophene rings is 1. The third-order valence-corrected chi connectivity index (χ3v) is 3.62. The molecule has 0 bridgehead atoms. The van der Waals surface area contributed by atoms with E-state index in [0.717, 1.165) is 23.3 Å². The Balaban J connectivity index is 1.98. The quantitative estimate of drug-likeness (QED) is 0.881. The number of ether oxygens (including phenoxy) is 1. The molecular formula is C14H17NOS. The monoisotopic (exact) mass is 247 g/mol. The number of hydrogen-bond acceptors (Lipinski definition) is 3. The number of para-hydroxylation sites is 1. The van der Waals surface area contributed by atoms with Crippen LogP contribution in [0, 0.1) is 6.92 Å². The first-order valence-electron chi connectivity index (χ1n) is 5.75. The van der Waals surface area contributed by atoms with Crippen LogP contribution in [-0.2, 0) is 13.0 Å². The van der Waals surface area contributed by atoms with E-state index in [4.69, 9.17) is 10.5 Å². The molecule has 2 rings (SSSR count). The van der Waals surface area contributed by atoms with Crippen molar-refractivity contribution in [3.8, 4) is 5.75 Å². The SMILES string of the molecule is Cc1cccc(CN)c1OCCc1cccs1. The lowest BCUT2D eigenvalue weighted by molar-refractivity contribution is 0.317. The van der Waals surface area contributed by atoms with E-state index >= 15 is 0 Å². The first kappa shape index (κ1) is 12.1. The van der Waals surface area contributed by atoms with Gasteiger partial charge in [-0.3, -0.25) is 0 Å². The molecule has 2 nitrogen and oxygen atoms in total. The van der Waals surface area contributed by atoms with Crippen LogP contribution in [0.1, 0.15) is 16.0 Å². The van der Waals surface area contributed by atoms with E-state index in [0.29, 0.717) is 13.2 Å². The molecule has 0 saturated heterocycles. The summed E-state index contributed by atoms with van der Waals surface area (Å²) in [6.07, 6.45) is 0.954. The lowest BCUT2D eigenvalue weighted by Gasteiger charge is -2.12. The normalized spacial score (nSPS) is 10.5. The van der Waals surface area contributed by atoms with Gasteiger partial charge < -0.3 is 10.5 Å². The molecular weight excluding hydrogens is 230 g/mol. The minimum Gasteiger partial charge on any atom is -0.493 e. The topological polar surface area (TPSA) is 35.2 Å². The molecule has 0 fully saturated rings.